The minimum absolute atomic E-state index is 0.155. The van der Waals surface area contributed by atoms with Crippen LogP contribution < -0.4 is 0 Å². The first-order chi connectivity index (χ1) is 5.65. The lowest BCUT2D eigenvalue weighted by Gasteiger charge is -2.03. The van der Waals surface area contributed by atoms with E-state index in [4.69, 9.17) is 0 Å². The normalized spacial score (nSPS) is 10.8. The fraction of sp³-hybridized carbons (Fsp3) is 0.375. The smallest absolute Gasteiger partial charge is 0.255 e. The van der Waals surface area contributed by atoms with Crippen LogP contribution in [-0.4, -0.2) is 4.98 Å². The Kier molecular flexibility index (Phi) is 3.14. The highest BCUT2D eigenvalue weighted by atomic mass is 79.9. The molecule has 0 aromatic carbocycles. The van der Waals surface area contributed by atoms with Crippen molar-refractivity contribution in [2.45, 2.75) is 18.7 Å². The minimum atomic E-state index is -2.48. The first kappa shape index (κ1) is 9.58. The number of pyridine rings is 1. The van der Waals surface area contributed by atoms with E-state index in [1.807, 2.05) is 0 Å². The highest BCUT2D eigenvalue weighted by Crippen LogP contribution is 2.19. The molecule has 0 amide bonds. The van der Waals surface area contributed by atoms with Crippen LogP contribution >= 0.6 is 15.9 Å². The van der Waals surface area contributed by atoms with Crippen molar-refractivity contribution < 1.29 is 8.78 Å². The van der Waals surface area contributed by atoms with Gasteiger partial charge in [-0.3, -0.25) is 4.98 Å². The van der Waals surface area contributed by atoms with E-state index in [0.29, 0.717) is 5.33 Å². The summed E-state index contributed by atoms with van der Waals surface area (Å²) in [5.41, 5.74) is 1.63. The van der Waals surface area contributed by atoms with Crippen LogP contribution in [0.5, 0.6) is 0 Å². The average Bonchev–Trinajstić information content (AvgIpc) is 2.04. The molecule has 4 heteroatoms. The van der Waals surface area contributed by atoms with Crippen LogP contribution in [0.2, 0.25) is 0 Å². The Morgan fingerprint density at radius 1 is 1.58 bits per heavy atom. The van der Waals surface area contributed by atoms with E-state index in [1.54, 1.807) is 6.92 Å². The summed E-state index contributed by atoms with van der Waals surface area (Å²) in [6, 6.07) is 1.42. The summed E-state index contributed by atoms with van der Waals surface area (Å²) in [5.74, 6) is 0. The van der Waals surface area contributed by atoms with Crippen LogP contribution in [0.25, 0.3) is 0 Å². The van der Waals surface area contributed by atoms with Crippen molar-refractivity contribution in [3.63, 3.8) is 0 Å². The number of aryl methyl sites for hydroxylation is 1. The van der Waals surface area contributed by atoms with Gasteiger partial charge in [0.1, 0.15) is 5.69 Å². The second-order valence-electron chi connectivity index (χ2n) is 2.47. The lowest BCUT2D eigenvalue weighted by molar-refractivity contribution is 0.146. The fourth-order valence-corrected chi connectivity index (χ4v) is 1.45. The summed E-state index contributed by atoms with van der Waals surface area (Å²) >= 11 is 3.24. The van der Waals surface area contributed by atoms with Crippen molar-refractivity contribution in [3.05, 3.63) is 29.1 Å². The summed E-state index contributed by atoms with van der Waals surface area (Å²) in [5, 5.41) is 0.648. The molecular weight excluding hydrogens is 228 g/mol. The molecule has 1 heterocycles. The van der Waals surface area contributed by atoms with Crippen LogP contribution in [-0.2, 0) is 5.33 Å². The number of hydrogen-bond acceptors (Lipinski definition) is 1. The van der Waals surface area contributed by atoms with Crippen molar-refractivity contribution in [3.8, 4) is 0 Å². The molecule has 0 spiro atoms. The molecule has 0 unspecified atom stereocenters. The standard InChI is InChI=1S/C8H8BrF2N/c1-5-2-7(8(10)11)12-4-6(5)3-9/h2,4,8H,3H2,1H3. The maximum absolute atomic E-state index is 12.1. The highest BCUT2D eigenvalue weighted by Gasteiger charge is 2.09. The Balaban J connectivity index is 3.02. The number of nitrogens with zero attached hydrogens (tertiary/aromatic N) is 1. The Morgan fingerprint density at radius 3 is 2.67 bits per heavy atom. The Labute approximate surface area is 77.9 Å². The van der Waals surface area contributed by atoms with Gasteiger partial charge in [-0.2, -0.15) is 0 Å². The van der Waals surface area contributed by atoms with Crippen LogP contribution in [0, 0.1) is 6.92 Å². The van der Waals surface area contributed by atoms with Gasteiger partial charge in [-0.05, 0) is 24.1 Å². The van der Waals surface area contributed by atoms with E-state index in [9.17, 15) is 8.78 Å². The quantitative estimate of drug-likeness (QED) is 0.718. The van der Waals surface area contributed by atoms with Crippen molar-refractivity contribution >= 4 is 15.9 Å². The van der Waals surface area contributed by atoms with Gasteiger partial charge in [-0.1, -0.05) is 15.9 Å². The lowest BCUT2D eigenvalue weighted by Crippen LogP contribution is -1.94. The fourth-order valence-electron chi connectivity index (χ4n) is 0.865. The molecule has 1 rings (SSSR count). The van der Waals surface area contributed by atoms with Crippen molar-refractivity contribution in [1.82, 2.24) is 4.98 Å². The number of alkyl halides is 3. The van der Waals surface area contributed by atoms with Gasteiger partial charge < -0.3 is 0 Å². The average molecular weight is 236 g/mol. The van der Waals surface area contributed by atoms with Gasteiger partial charge in [0.25, 0.3) is 6.43 Å². The van der Waals surface area contributed by atoms with Crippen molar-refractivity contribution in [2.24, 2.45) is 0 Å². The van der Waals surface area contributed by atoms with Gasteiger partial charge in [-0.15, -0.1) is 0 Å². The molecule has 0 aliphatic heterocycles. The van der Waals surface area contributed by atoms with Crippen LogP contribution in [0.4, 0.5) is 8.78 Å². The van der Waals surface area contributed by atoms with Crippen LogP contribution in [0.1, 0.15) is 23.2 Å². The molecule has 0 aliphatic carbocycles. The van der Waals surface area contributed by atoms with Crippen LogP contribution in [0.15, 0.2) is 12.3 Å². The molecule has 1 aromatic heterocycles. The first-order valence-corrected chi connectivity index (χ1v) is 4.57. The topological polar surface area (TPSA) is 12.9 Å². The predicted octanol–water partition coefficient (Wildman–Crippen LogP) is 3.22. The number of aromatic nitrogens is 1. The maximum Gasteiger partial charge on any atom is 0.280 e. The Bertz CT molecular complexity index is 276. The van der Waals surface area contributed by atoms with E-state index < -0.39 is 6.43 Å². The molecule has 0 N–H and O–H groups in total. The Morgan fingerprint density at radius 2 is 2.25 bits per heavy atom. The maximum atomic E-state index is 12.1. The summed E-state index contributed by atoms with van der Waals surface area (Å²) in [6.45, 7) is 1.80. The zero-order valence-corrected chi connectivity index (χ0v) is 8.11. The third-order valence-corrected chi connectivity index (χ3v) is 2.21. The van der Waals surface area contributed by atoms with Crippen molar-refractivity contribution in [2.75, 3.05) is 0 Å². The number of halogens is 3. The largest absolute Gasteiger partial charge is 0.280 e. The Hall–Kier alpha value is -0.510. The lowest BCUT2D eigenvalue weighted by atomic mass is 10.1. The molecular formula is C8H8BrF2N. The summed E-state index contributed by atoms with van der Waals surface area (Å²) < 4.78 is 24.2. The van der Waals surface area contributed by atoms with E-state index >= 15 is 0 Å². The van der Waals surface area contributed by atoms with Gasteiger partial charge in [-0.25, -0.2) is 8.78 Å². The molecule has 12 heavy (non-hydrogen) atoms. The van der Waals surface area contributed by atoms with E-state index in [2.05, 4.69) is 20.9 Å². The monoisotopic (exact) mass is 235 g/mol. The third kappa shape index (κ3) is 2.00. The molecule has 66 valence electrons. The highest BCUT2D eigenvalue weighted by molar-refractivity contribution is 9.08. The second-order valence-corrected chi connectivity index (χ2v) is 3.03. The van der Waals surface area contributed by atoms with Gasteiger partial charge in [0.2, 0.25) is 0 Å². The van der Waals surface area contributed by atoms with E-state index in [1.165, 1.54) is 12.3 Å². The molecule has 0 bridgehead atoms. The first-order valence-electron chi connectivity index (χ1n) is 3.44. The third-order valence-electron chi connectivity index (χ3n) is 1.61. The van der Waals surface area contributed by atoms with Gasteiger partial charge in [0.15, 0.2) is 0 Å². The van der Waals surface area contributed by atoms with Crippen LogP contribution in [0.3, 0.4) is 0 Å². The summed E-state index contributed by atoms with van der Waals surface area (Å²) in [6.07, 6.45) is -1.00. The molecule has 1 aromatic rings. The van der Waals surface area contributed by atoms with Gasteiger partial charge >= 0.3 is 0 Å². The summed E-state index contributed by atoms with van der Waals surface area (Å²) in [4.78, 5) is 3.63. The van der Waals surface area contributed by atoms with Gasteiger partial charge in [0, 0.05) is 11.5 Å². The van der Waals surface area contributed by atoms with E-state index in [-0.39, 0.29) is 5.69 Å². The van der Waals surface area contributed by atoms with Gasteiger partial charge in [0.05, 0.1) is 0 Å². The minimum Gasteiger partial charge on any atom is -0.255 e. The molecule has 0 saturated heterocycles. The number of hydrogen-bond donors (Lipinski definition) is 0. The molecule has 0 atom stereocenters. The molecule has 0 radical (unpaired) electrons. The summed E-state index contributed by atoms with van der Waals surface area (Å²) in [7, 11) is 0. The molecule has 0 saturated carbocycles. The number of rotatable bonds is 2. The zero-order chi connectivity index (χ0) is 9.14. The molecule has 1 nitrogen and oxygen atoms in total. The van der Waals surface area contributed by atoms with E-state index in [0.717, 1.165) is 11.1 Å². The molecule has 0 aliphatic rings. The zero-order valence-electron chi connectivity index (χ0n) is 6.52. The predicted molar refractivity (Wildman–Crippen MR) is 46.6 cm³/mol. The molecule has 0 fully saturated rings. The SMILES string of the molecule is Cc1cc(C(F)F)ncc1CBr. The van der Waals surface area contributed by atoms with Crippen molar-refractivity contribution in [1.29, 1.82) is 0 Å². The second kappa shape index (κ2) is 3.94.